The number of rotatable bonds is 7. The van der Waals surface area contributed by atoms with Crippen LogP contribution in [0.25, 0.3) is 10.9 Å². The van der Waals surface area contributed by atoms with Gasteiger partial charge in [-0.3, -0.25) is 19.1 Å². The normalized spacial score (nSPS) is 10.7. The number of aromatic nitrogens is 3. The van der Waals surface area contributed by atoms with Crippen LogP contribution in [-0.2, 0) is 13.2 Å². The molecule has 1 N–H and O–H groups in total. The van der Waals surface area contributed by atoms with Gasteiger partial charge < -0.3 is 10.1 Å². The second kappa shape index (κ2) is 10.0. The molecule has 0 saturated carbocycles. The van der Waals surface area contributed by atoms with E-state index in [0.29, 0.717) is 41.1 Å². The number of carbonyl (C=O) groups is 1. The third-order valence-corrected chi connectivity index (χ3v) is 5.51. The molecular weight excluding hydrogens is 440 g/mol. The number of benzene rings is 3. The molecule has 2 aromatic heterocycles. The summed E-state index contributed by atoms with van der Waals surface area (Å²) in [4.78, 5) is 34.3. The Morgan fingerprint density at radius 2 is 1.69 bits per heavy atom. The van der Waals surface area contributed by atoms with Crippen molar-refractivity contribution in [2.45, 2.75) is 13.2 Å². The van der Waals surface area contributed by atoms with Crippen molar-refractivity contribution < 1.29 is 9.53 Å². The number of anilines is 1. The van der Waals surface area contributed by atoms with E-state index < -0.39 is 0 Å². The van der Waals surface area contributed by atoms with Crippen LogP contribution in [0, 0.1) is 0 Å². The number of hydrogen-bond acceptors (Lipinski definition) is 5. The summed E-state index contributed by atoms with van der Waals surface area (Å²) in [5.74, 6) is 0.424. The molecule has 0 aliphatic carbocycles. The zero-order valence-corrected chi connectivity index (χ0v) is 18.8. The van der Waals surface area contributed by atoms with Gasteiger partial charge in [0.15, 0.2) is 0 Å². The van der Waals surface area contributed by atoms with Gasteiger partial charge in [0.05, 0.1) is 29.5 Å². The third kappa shape index (κ3) is 5.25. The summed E-state index contributed by atoms with van der Waals surface area (Å²) in [6.45, 7) is 0.802. The summed E-state index contributed by atoms with van der Waals surface area (Å²) in [5, 5.41) is 3.31. The van der Waals surface area contributed by atoms with Crippen LogP contribution in [0.15, 0.2) is 108 Å². The number of amides is 1. The number of nitrogens with zero attached hydrogens (tertiary/aromatic N) is 3. The van der Waals surface area contributed by atoms with Crippen molar-refractivity contribution in [3.8, 4) is 5.75 Å². The highest BCUT2D eigenvalue weighted by Crippen LogP contribution is 2.19. The van der Waals surface area contributed by atoms with Crippen LogP contribution in [0.1, 0.15) is 21.6 Å². The molecule has 35 heavy (non-hydrogen) atoms. The fourth-order valence-electron chi connectivity index (χ4n) is 3.66. The van der Waals surface area contributed by atoms with Crippen LogP contribution >= 0.6 is 0 Å². The van der Waals surface area contributed by atoms with Crippen molar-refractivity contribution in [2.24, 2.45) is 0 Å². The Balaban J connectivity index is 1.26. The number of nitrogens with one attached hydrogen (secondary N) is 1. The van der Waals surface area contributed by atoms with E-state index >= 15 is 0 Å². The lowest BCUT2D eigenvalue weighted by molar-refractivity contribution is 0.102. The van der Waals surface area contributed by atoms with Crippen LogP contribution in [0.5, 0.6) is 5.75 Å². The smallest absolute Gasteiger partial charge is 0.261 e. The second-order valence-electron chi connectivity index (χ2n) is 7.98. The maximum atomic E-state index is 12.9. The van der Waals surface area contributed by atoms with Gasteiger partial charge >= 0.3 is 0 Å². The largest absolute Gasteiger partial charge is 0.489 e. The molecular formula is C28H22N4O3. The first-order valence-corrected chi connectivity index (χ1v) is 11.1. The van der Waals surface area contributed by atoms with Crippen molar-refractivity contribution in [3.63, 3.8) is 0 Å². The molecule has 0 saturated heterocycles. The predicted molar refractivity (Wildman–Crippen MR) is 135 cm³/mol. The highest BCUT2D eigenvalue weighted by molar-refractivity contribution is 6.06. The Bertz CT molecular complexity index is 1520. The Morgan fingerprint density at radius 1 is 0.886 bits per heavy atom. The summed E-state index contributed by atoms with van der Waals surface area (Å²) in [6, 6.07) is 27.5. The first-order chi connectivity index (χ1) is 17.2. The van der Waals surface area contributed by atoms with E-state index in [9.17, 15) is 9.59 Å². The molecule has 0 radical (unpaired) electrons. The van der Waals surface area contributed by atoms with Gasteiger partial charge in [0, 0.05) is 17.4 Å². The summed E-state index contributed by atoms with van der Waals surface area (Å²) in [7, 11) is 0. The van der Waals surface area contributed by atoms with Gasteiger partial charge in [-0.15, -0.1) is 0 Å². The molecule has 2 heterocycles. The van der Waals surface area contributed by atoms with Crippen molar-refractivity contribution in [1.82, 2.24) is 14.5 Å². The molecule has 0 fully saturated rings. The molecule has 7 heteroatoms. The van der Waals surface area contributed by atoms with Gasteiger partial charge in [0.25, 0.3) is 11.5 Å². The number of hydrogen-bond donors (Lipinski definition) is 1. The molecule has 0 atom stereocenters. The Morgan fingerprint density at radius 3 is 2.46 bits per heavy atom. The zero-order chi connectivity index (χ0) is 24.0. The number of pyridine rings is 1. The number of ether oxygens (including phenoxy) is 1. The minimum absolute atomic E-state index is 0.182. The number of fused-ring (bicyclic) bond motifs is 1. The van der Waals surface area contributed by atoms with Crippen molar-refractivity contribution in [3.05, 3.63) is 131 Å². The van der Waals surface area contributed by atoms with Crippen LogP contribution in [0.3, 0.4) is 0 Å². The first kappa shape index (κ1) is 22.0. The van der Waals surface area contributed by atoms with Gasteiger partial charge in [-0.2, -0.15) is 0 Å². The van der Waals surface area contributed by atoms with Gasteiger partial charge in [-0.1, -0.05) is 36.4 Å². The van der Waals surface area contributed by atoms with Crippen molar-refractivity contribution in [1.29, 1.82) is 0 Å². The van der Waals surface area contributed by atoms with Crippen molar-refractivity contribution >= 4 is 22.5 Å². The highest BCUT2D eigenvalue weighted by Gasteiger charge is 2.11. The van der Waals surface area contributed by atoms with Crippen molar-refractivity contribution in [2.75, 3.05) is 5.32 Å². The summed E-state index contributed by atoms with van der Waals surface area (Å²) >= 11 is 0. The minimum atomic E-state index is -0.288. The fraction of sp³-hybridized carbons (Fsp3) is 0.0714. The minimum Gasteiger partial charge on any atom is -0.489 e. The van der Waals surface area contributed by atoms with Crippen LogP contribution in [-0.4, -0.2) is 20.4 Å². The predicted octanol–water partition coefficient (Wildman–Crippen LogP) is 4.67. The topological polar surface area (TPSA) is 86.1 Å². The highest BCUT2D eigenvalue weighted by atomic mass is 16.5. The monoisotopic (exact) mass is 462 g/mol. The molecule has 0 bridgehead atoms. The SMILES string of the molecule is O=C(Nc1ccc(OCc2ccccc2)cc1)c1ccc2c(=O)n(Cc3ccccn3)cnc2c1. The lowest BCUT2D eigenvalue weighted by atomic mass is 10.1. The molecule has 0 spiro atoms. The summed E-state index contributed by atoms with van der Waals surface area (Å²) in [6.07, 6.45) is 3.17. The van der Waals surface area contributed by atoms with Gasteiger partial charge in [0.1, 0.15) is 12.4 Å². The lowest BCUT2D eigenvalue weighted by Crippen LogP contribution is -2.22. The van der Waals surface area contributed by atoms with E-state index in [0.717, 1.165) is 11.3 Å². The quantitative estimate of drug-likeness (QED) is 0.380. The van der Waals surface area contributed by atoms with E-state index in [2.05, 4.69) is 15.3 Å². The molecule has 0 aliphatic rings. The van der Waals surface area contributed by atoms with Crippen LogP contribution in [0.2, 0.25) is 0 Å². The van der Waals surface area contributed by atoms with Gasteiger partial charge in [-0.25, -0.2) is 4.98 Å². The molecule has 5 rings (SSSR count). The summed E-state index contributed by atoms with van der Waals surface area (Å²) in [5.41, 5.74) is 3.18. The van der Waals surface area contributed by atoms with E-state index in [1.165, 1.54) is 10.9 Å². The molecule has 3 aromatic carbocycles. The molecule has 5 aromatic rings. The second-order valence-corrected chi connectivity index (χ2v) is 7.98. The first-order valence-electron chi connectivity index (χ1n) is 11.1. The molecule has 0 unspecified atom stereocenters. The van der Waals surface area contributed by atoms with E-state index in [-0.39, 0.29) is 11.5 Å². The Kier molecular flexibility index (Phi) is 6.30. The average molecular weight is 463 g/mol. The van der Waals surface area contributed by atoms with Gasteiger partial charge in [0.2, 0.25) is 0 Å². The molecule has 0 aliphatic heterocycles. The van der Waals surface area contributed by atoms with E-state index in [4.69, 9.17) is 4.74 Å². The van der Waals surface area contributed by atoms with Crippen LogP contribution in [0.4, 0.5) is 5.69 Å². The molecule has 1 amide bonds. The van der Waals surface area contributed by atoms with Crippen LogP contribution < -0.4 is 15.6 Å². The standard InChI is InChI=1S/C28H22N4O3/c33-27(31-22-10-12-24(13-11-22)35-18-20-6-2-1-3-7-20)21-9-14-25-26(16-21)30-19-32(28(25)34)17-23-8-4-5-15-29-23/h1-16,19H,17-18H2,(H,31,33). The van der Waals surface area contributed by atoms with Gasteiger partial charge in [-0.05, 0) is 60.2 Å². The molecule has 172 valence electrons. The third-order valence-electron chi connectivity index (χ3n) is 5.51. The zero-order valence-electron chi connectivity index (χ0n) is 18.8. The molecule has 7 nitrogen and oxygen atoms in total. The Hall–Kier alpha value is -4.78. The summed E-state index contributed by atoms with van der Waals surface area (Å²) < 4.78 is 7.29. The van der Waals surface area contributed by atoms with E-state index in [1.54, 1.807) is 36.5 Å². The maximum Gasteiger partial charge on any atom is 0.261 e. The average Bonchev–Trinajstić information content (AvgIpc) is 2.91. The van der Waals surface area contributed by atoms with E-state index in [1.807, 2.05) is 60.7 Å². The lowest BCUT2D eigenvalue weighted by Gasteiger charge is -2.09. The fourth-order valence-corrected chi connectivity index (χ4v) is 3.66. The maximum absolute atomic E-state index is 12.9. The Labute approximate surface area is 201 Å². The number of carbonyl (C=O) groups excluding carboxylic acids is 1.